The molecular formula is C7H7IN2O. The van der Waals surface area contributed by atoms with Crippen molar-refractivity contribution in [1.82, 2.24) is 10.3 Å². The molecule has 0 aromatic carbocycles. The molecule has 3 nitrogen and oxygen atoms in total. The second-order valence-corrected chi connectivity index (χ2v) is 2.64. The number of amides is 1. The number of rotatable bonds is 2. The van der Waals surface area contributed by atoms with Crippen molar-refractivity contribution in [3.05, 3.63) is 30.1 Å². The Balaban J connectivity index is 2.69. The first kappa shape index (κ1) is 8.45. The van der Waals surface area contributed by atoms with Gasteiger partial charge in [-0.15, -0.1) is 0 Å². The van der Waals surface area contributed by atoms with Crippen molar-refractivity contribution < 1.29 is 4.79 Å². The predicted molar refractivity (Wildman–Crippen MR) is 50.6 cm³/mol. The summed E-state index contributed by atoms with van der Waals surface area (Å²) in [5.74, 6) is -0.0539. The number of nitrogens with one attached hydrogen (secondary N) is 1. The summed E-state index contributed by atoms with van der Waals surface area (Å²) in [6, 6.07) is 3.36. The van der Waals surface area contributed by atoms with Crippen molar-refractivity contribution in [1.29, 1.82) is 0 Å². The monoisotopic (exact) mass is 262 g/mol. The summed E-state index contributed by atoms with van der Waals surface area (Å²) in [7, 11) is 0. The highest BCUT2D eigenvalue weighted by Gasteiger charge is 2.00. The van der Waals surface area contributed by atoms with Crippen molar-refractivity contribution in [2.75, 3.05) is 4.55 Å². The fraction of sp³-hybridized carbons (Fsp3) is 0.143. The maximum absolute atomic E-state index is 11.1. The van der Waals surface area contributed by atoms with Gasteiger partial charge in [0.15, 0.2) is 0 Å². The van der Waals surface area contributed by atoms with Crippen LogP contribution in [0.3, 0.4) is 0 Å². The van der Waals surface area contributed by atoms with E-state index in [0.717, 1.165) is 0 Å². The van der Waals surface area contributed by atoms with Crippen molar-refractivity contribution in [3.8, 4) is 0 Å². The lowest BCUT2D eigenvalue weighted by Gasteiger charge is -1.98. The number of carbonyl (C=O) groups excluding carboxylic acids is 1. The van der Waals surface area contributed by atoms with Gasteiger partial charge in [0.2, 0.25) is 0 Å². The molecule has 1 amide bonds. The van der Waals surface area contributed by atoms with Crippen LogP contribution in [0.15, 0.2) is 24.5 Å². The predicted octanol–water partition coefficient (Wildman–Crippen LogP) is 1.20. The molecule has 11 heavy (non-hydrogen) atoms. The molecule has 0 bridgehead atoms. The van der Waals surface area contributed by atoms with E-state index in [1.807, 2.05) is 0 Å². The topological polar surface area (TPSA) is 42.0 Å². The summed E-state index contributed by atoms with van der Waals surface area (Å²) in [4.78, 5) is 14.9. The molecule has 1 rings (SSSR count). The third-order valence-corrected chi connectivity index (χ3v) is 1.55. The molecule has 1 N–H and O–H groups in total. The Morgan fingerprint density at radius 3 is 2.73 bits per heavy atom. The van der Waals surface area contributed by atoms with Gasteiger partial charge in [0.05, 0.1) is 4.55 Å². The summed E-state index contributed by atoms with van der Waals surface area (Å²) >= 11 is 2.08. The van der Waals surface area contributed by atoms with Gasteiger partial charge in [-0.05, 0) is 12.1 Å². The molecule has 0 aliphatic carbocycles. The molecule has 58 valence electrons. The molecule has 0 aliphatic heterocycles. The van der Waals surface area contributed by atoms with E-state index in [1.54, 1.807) is 24.5 Å². The van der Waals surface area contributed by atoms with Crippen LogP contribution in [0.5, 0.6) is 0 Å². The quantitative estimate of drug-likeness (QED) is 0.494. The molecule has 0 spiro atoms. The molecule has 0 fully saturated rings. The summed E-state index contributed by atoms with van der Waals surface area (Å²) in [5.41, 5.74) is 0.650. The van der Waals surface area contributed by atoms with Gasteiger partial charge < -0.3 is 5.32 Å². The Morgan fingerprint density at radius 2 is 2.18 bits per heavy atom. The average Bonchev–Trinajstić information content (AvgIpc) is 2.07. The lowest BCUT2D eigenvalue weighted by Crippen LogP contribution is -2.20. The third-order valence-electron chi connectivity index (χ3n) is 1.17. The van der Waals surface area contributed by atoms with Gasteiger partial charge >= 0.3 is 0 Å². The minimum absolute atomic E-state index is 0.0539. The van der Waals surface area contributed by atoms with E-state index in [4.69, 9.17) is 0 Å². The minimum Gasteiger partial charge on any atom is -0.343 e. The van der Waals surface area contributed by atoms with E-state index in [2.05, 4.69) is 32.9 Å². The number of nitrogens with zero attached hydrogens (tertiary/aromatic N) is 1. The van der Waals surface area contributed by atoms with Gasteiger partial charge in [0.25, 0.3) is 5.91 Å². The van der Waals surface area contributed by atoms with Crippen LogP contribution < -0.4 is 5.32 Å². The van der Waals surface area contributed by atoms with E-state index in [9.17, 15) is 4.79 Å². The normalized spacial score (nSPS) is 9.18. The maximum atomic E-state index is 11.1. The van der Waals surface area contributed by atoms with Gasteiger partial charge in [0, 0.05) is 18.0 Å². The van der Waals surface area contributed by atoms with Gasteiger partial charge in [-0.1, -0.05) is 22.6 Å². The Kier molecular flexibility index (Phi) is 3.28. The average molecular weight is 262 g/mol. The largest absolute Gasteiger partial charge is 0.343 e. The number of hydrogen-bond acceptors (Lipinski definition) is 2. The first-order valence-corrected chi connectivity index (χ1v) is 4.61. The van der Waals surface area contributed by atoms with E-state index in [-0.39, 0.29) is 5.91 Å². The third kappa shape index (κ3) is 2.45. The molecule has 0 aliphatic rings. The van der Waals surface area contributed by atoms with Crippen LogP contribution in [0.4, 0.5) is 0 Å². The van der Waals surface area contributed by atoms with Crippen molar-refractivity contribution in [2.24, 2.45) is 0 Å². The molecular weight excluding hydrogens is 255 g/mol. The molecule has 0 atom stereocenters. The summed E-state index contributed by atoms with van der Waals surface area (Å²) in [5, 5.41) is 2.68. The number of pyridine rings is 1. The highest BCUT2D eigenvalue weighted by atomic mass is 127. The molecule has 0 unspecified atom stereocenters. The minimum atomic E-state index is -0.0539. The second-order valence-electron chi connectivity index (χ2n) is 1.88. The molecule has 0 radical (unpaired) electrons. The lowest BCUT2D eigenvalue weighted by molar-refractivity contribution is 0.0962. The number of carbonyl (C=O) groups is 1. The van der Waals surface area contributed by atoms with Crippen LogP contribution in [-0.4, -0.2) is 15.4 Å². The Hall–Kier alpha value is -0.650. The van der Waals surface area contributed by atoms with Gasteiger partial charge in [-0.3, -0.25) is 9.78 Å². The van der Waals surface area contributed by atoms with E-state index in [0.29, 0.717) is 10.1 Å². The molecule has 1 heterocycles. The number of aromatic nitrogens is 1. The molecule has 1 aromatic heterocycles. The Morgan fingerprint density at radius 1 is 1.55 bits per heavy atom. The number of alkyl halides is 1. The zero-order chi connectivity index (χ0) is 8.10. The van der Waals surface area contributed by atoms with E-state index in [1.165, 1.54) is 0 Å². The Labute approximate surface area is 78.4 Å². The van der Waals surface area contributed by atoms with Crippen molar-refractivity contribution in [3.63, 3.8) is 0 Å². The molecule has 0 saturated carbocycles. The van der Waals surface area contributed by atoms with Gasteiger partial charge in [0.1, 0.15) is 0 Å². The number of halogens is 1. The molecule has 4 heteroatoms. The highest BCUT2D eigenvalue weighted by molar-refractivity contribution is 14.1. The van der Waals surface area contributed by atoms with Crippen molar-refractivity contribution >= 4 is 28.5 Å². The van der Waals surface area contributed by atoms with Crippen LogP contribution in [0.25, 0.3) is 0 Å². The van der Waals surface area contributed by atoms with Gasteiger partial charge in [-0.25, -0.2) is 0 Å². The van der Waals surface area contributed by atoms with Crippen LogP contribution in [0.1, 0.15) is 10.4 Å². The van der Waals surface area contributed by atoms with Crippen LogP contribution in [0, 0.1) is 0 Å². The second kappa shape index (κ2) is 4.27. The smallest absolute Gasteiger partial charge is 0.251 e. The van der Waals surface area contributed by atoms with E-state index < -0.39 is 0 Å². The highest BCUT2D eigenvalue weighted by Crippen LogP contribution is 1.95. The van der Waals surface area contributed by atoms with Gasteiger partial charge in [-0.2, -0.15) is 0 Å². The lowest BCUT2D eigenvalue weighted by atomic mass is 10.2. The van der Waals surface area contributed by atoms with Crippen molar-refractivity contribution in [2.45, 2.75) is 0 Å². The Bertz CT molecular complexity index is 237. The first-order valence-electron chi connectivity index (χ1n) is 3.09. The first-order chi connectivity index (χ1) is 5.34. The maximum Gasteiger partial charge on any atom is 0.251 e. The standard InChI is InChI=1S/C7H7IN2O/c8-5-10-7(11)6-1-3-9-4-2-6/h1-4H,5H2,(H,10,11). The molecule has 0 saturated heterocycles. The fourth-order valence-electron chi connectivity index (χ4n) is 0.666. The molecule has 1 aromatic rings. The number of hydrogen-bond donors (Lipinski definition) is 1. The fourth-order valence-corrected chi connectivity index (χ4v) is 1.01. The van der Waals surface area contributed by atoms with Crippen LogP contribution >= 0.6 is 22.6 Å². The summed E-state index contributed by atoms with van der Waals surface area (Å²) in [6.07, 6.45) is 3.20. The zero-order valence-electron chi connectivity index (χ0n) is 5.75. The zero-order valence-corrected chi connectivity index (χ0v) is 7.91. The summed E-state index contributed by atoms with van der Waals surface area (Å²) < 4.78 is 0.624. The van der Waals surface area contributed by atoms with Crippen LogP contribution in [0.2, 0.25) is 0 Å². The van der Waals surface area contributed by atoms with Crippen LogP contribution in [-0.2, 0) is 0 Å². The summed E-state index contributed by atoms with van der Waals surface area (Å²) in [6.45, 7) is 0. The SMILES string of the molecule is O=C(NCI)c1ccncc1. The van der Waals surface area contributed by atoms with E-state index >= 15 is 0 Å².